The maximum absolute atomic E-state index is 12.4. The van der Waals surface area contributed by atoms with Crippen LogP contribution in [-0.4, -0.2) is 73.6 Å². The summed E-state index contributed by atoms with van der Waals surface area (Å²) in [4.78, 5) is 24.9. The van der Waals surface area contributed by atoms with Crippen molar-refractivity contribution >= 4 is 11.9 Å². The maximum Gasteiger partial charge on any atom is 0.332 e. The van der Waals surface area contributed by atoms with Crippen LogP contribution in [0.3, 0.4) is 0 Å². The number of carboxylic acid groups (broad SMARTS) is 1. The Morgan fingerprint density at radius 1 is 1.10 bits per heavy atom. The van der Waals surface area contributed by atoms with Gasteiger partial charge in [0.25, 0.3) is 5.91 Å². The van der Waals surface area contributed by atoms with Gasteiger partial charge in [0.05, 0.1) is 13.2 Å². The van der Waals surface area contributed by atoms with Gasteiger partial charge in [-0.25, -0.2) is 4.79 Å². The molecule has 0 aromatic rings. The minimum atomic E-state index is -1.01. The minimum Gasteiger partial charge on any atom is -0.479 e. The first-order valence-corrected chi connectivity index (χ1v) is 7.42. The van der Waals surface area contributed by atoms with Crippen LogP contribution in [0.25, 0.3) is 0 Å². The molecule has 1 amide bonds. The Morgan fingerprint density at radius 2 is 1.62 bits per heavy atom. The molecule has 122 valence electrons. The third-order valence-corrected chi connectivity index (χ3v) is 3.30. The van der Waals surface area contributed by atoms with Crippen molar-refractivity contribution in [1.82, 2.24) is 4.90 Å². The number of ether oxygens (including phenoxy) is 3. The van der Waals surface area contributed by atoms with Crippen molar-refractivity contribution in [3.8, 4) is 0 Å². The molecule has 0 unspecified atom stereocenters. The predicted molar refractivity (Wildman–Crippen MR) is 75.1 cm³/mol. The number of carbonyl (C=O) groups is 2. The molecule has 2 atom stereocenters. The molecule has 1 heterocycles. The summed E-state index contributed by atoms with van der Waals surface area (Å²) in [6, 6.07) is 0. The Hall–Kier alpha value is -1.18. The lowest BCUT2D eigenvalue weighted by Crippen LogP contribution is -2.43. The molecule has 1 N–H and O–H groups in total. The van der Waals surface area contributed by atoms with Gasteiger partial charge >= 0.3 is 5.97 Å². The summed E-state index contributed by atoms with van der Waals surface area (Å²) in [6.45, 7) is 6.78. The fourth-order valence-electron chi connectivity index (χ4n) is 2.17. The van der Waals surface area contributed by atoms with Crippen LogP contribution in [0.15, 0.2) is 0 Å². The van der Waals surface area contributed by atoms with Crippen LogP contribution in [0.5, 0.6) is 0 Å². The Balaban J connectivity index is 2.50. The first-order chi connectivity index (χ1) is 10.1. The number of amides is 1. The molecule has 1 fully saturated rings. The summed E-state index contributed by atoms with van der Waals surface area (Å²) < 4.78 is 15.9. The highest BCUT2D eigenvalue weighted by atomic mass is 16.5. The lowest BCUT2D eigenvalue weighted by molar-refractivity contribution is -0.155. The number of carboxylic acids is 1. The fourth-order valence-corrected chi connectivity index (χ4v) is 2.17. The highest BCUT2D eigenvalue weighted by molar-refractivity contribution is 5.82. The van der Waals surface area contributed by atoms with Gasteiger partial charge in [0, 0.05) is 26.3 Å². The van der Waals surface area contributed by atoms with Crippen LogP contribution in [-0.2, 0) is 23.8 Å². The average molecular weight is 303 g/mol. The van der Waals surface area contributed by atoms with E-state index in [4.69, 9.17) is 19.3 Å². The average Bonchev–Trinajstić information content (AvgIpc) is 2.95. The van der Waals surface area contributed by atoms with E-state index in [2.05, 4.69) is 0 Å². The smallest absolute Gasteiger partial charge is 0.332 e. The molecule has 0 aromatic carbocycles. The Kier molecular flexibility index (Phi) is 8.26. The first-order valence-electron chi connectivity index (χ1n) is 7.42. The molecular weight excluding hydrogens is 278 g/mol. The Morgan fingerprint density at radius 3 is 2.05 bits per heavy atom. The highest BCUT2D eigenvalue weighted by Crippen LogP contribution is 2.21. The summed E-state index contributed by atoms with van der Waals surface area (Å²) in [7, 11) is 0. The molecule has 0 aliphatic carbocycles. The van der Waals surface area contributed by atoms with Gasteiger partial charge in [-0.1, -0.05) is 0 Å². The molecule has 0 aromatic heterocycles. The number of aliphatic carboxylic acids is 1. The van der Waals surface area contributed by atoms with Gasteiger partial charge in [-0.15, -0.1) is 0 Å². The topological polar surface area (TPSA) is 85.3 Å². The van der Waals surface area contributed by atoms with Crippen LogP contribution in [0.1, 0.15) is 26.7 Å². The molecule has 1 aliphatic rings. The highest BCUT2D eigenvalue weighted by Gasteiger charge is 2.36. The quantitative estimate of drug-likeness (QED) is 0.592. The summed E-state index contributed by atoms with van der Waals surface area (Å²) in [5.41, 5.74) is 0. The van der Waals surface area contributed by atoms with E-state index in [1.807, 2.05) is 13.8 Å². The minimum absolute atomic E-state index is 0.182. The van der Waals surface area contributed by atoms with E-state index in [0.717, 1.165) is 0 Å². The molecule has 21 heavy (non-hydrogen) atoms. The number of rotatable bonds is 10. The van der Waals surface area contributed by atoms with Crippen LogP contribution in [0.4, 0.5) is 0 Å². The van der Waals surface area contributed by atoms with Gasteiger partial charge in [0.2, 0.25) is 0 Å². The molecular formula is C14H25NO6. The summed E-state index contributed by atoms with van der Waals surface area (Å²) in [5, 5.41) is 8.91. The number of carbonyl (C=O) groups excluding carboxylic acids is 1. The van der Waals surface area contributed by atoms with E-state index in [-0.39, 0.29) is 5.91 Å². The monoisotopic (exact) mass is 303 g/mol. The number of nitrogens with zero attached hydrogens (tertiary/aromatic N) is 1. The zero-order valence-corrected chi connectivity index (χ0v) is 12.7. The van der Waals surface area contributed by atoms with Crippen molar-refractivity contribution in [2.45, 2.75) is 38.9 Å². The van der Waals surface area contributed by atoms with E-state index in [9.17, 15) is 9.59 Å². The van der Waals surface area contributed by atoms with Crippen molar-refractivity contribution < 1.29 is 28.9 Å². The van der Waals surface area contributed by atoms with Crippen molar-refractivity contribution in [2.75, 3.05) is 39.5 Å². The van der Waals surface area contributed by atoms with Crippen LogP contribution < -0.4 is 0 Å². The van der Waals surface area contributed by atoms with Crippen molar-refractivity contribution in [2.24, 2.45) is 0 Å². The van der Waals surface area contributed by atoms with E-state index >= 15 is 0 Å². The molecule has 1 aliphatic heterocycles. The summed E-state index contributed by atoms with van der Waals surface area (Å²) >= 11 is 0. The van der Waals surface area contributed by atoms with Gasteiger partial charge in [0.15, 0.2) is 6.10 Å². The summed E-state index contributed by atoms with van der Waals surface area (Å²) in [5.74, 6) is -1.20. The molecule has 7 nitrogen and oxygen atoms in total. The van der Waals surface area contributed by atoms with Crippen LogP contribution >= 0.6 is 0 Å². The first kappa shape index (κ1) is 17.9. The second kappa shape index (κ2) is 9.70. The van der Waals surface area contributed by atoms with Gasteiger partial charge in [-0.3, -0.25) is 4.79 Å². The van der Waals surface area contributed by atoms with E-state index < -0.39 is 18.2 Å². The Bertz CT molecular complexity index is 325. The summed E-state index contributed by atoms with van der Waals surface area (Å²) in [6.07, 6.45) is -0.736. The number of hydrogen-bond acceptors (Lipinski definition) is 5. The third-order valence-electron chi connectivity index (χ3n) is 3.30. The lowest BCUT2D eigenvalue weighted by atomic mass is 10.2. The molecule has 0 spiro atoms. The molecule has 0 bridgehead atoms. The Labute approximate surface area is 125 Å². The van der Waals surface area contributed by atoms with E-state index in [1.54, 1.807) is 4.90 Å². The normalized spacial score (nSPS) is 21.4. The van der Waals surface area contributed by atoms with Gasteiger partial charge < -0.3 is 24.2 Å². The standard InChI is InChI=1S/C14H25NO6/c1-3-19-9-7-15(8-10-20-4-2)13(16)11-5-6-12(21-11)14(17)18/h11-12H,3-10H2,1-2H3,(H,17,18)/t11-,12+/m0/s1. The molecule has 7 heteroatoms. The second-order valence-electron chi connectivity index (χ2n) is 4.75. The van der Waals surface area contributed by atoms with Crippen LogP contribution in [0.2, 0.25) is 0 Å². The molecule has 0 radical (unpaired) electrons. The number of hydrogen-bond donors (Lipinski definition) is 1. The molecule has 1 rings (SSSR count). The van der Waals surface area contributed by atoms with Crippen molar-refractivity contribution in [1.29, 1.82) is 0 Å². The predicted octanol–water partition coefficient (Wildman–Crippen LogP) is 0.520. The zero-order chi connectivity index (χ0) is 15.7. The van der Waals surface area contributed by atoms with Gasteiger partial charge in [0.1, 0.15) is 6.10 Å². The van der Waals surface area contributed by atoms with Crippen molar-refractivity contribution in [3.63, 3.8) is 0 Å². The van der Waals surface area contributed by atoms with Gasteiger partial charge in [-0.2, -0.15) is 0 Å². The van der Waals surface area contributed by atoms with Gasteiger partial charge in [-0.05, 0) is 26.7 Å². The lowest BCUT2D eigenvalue weighted by Gasteiger charge is -2.25. The fraction of sp³-hybridized carbons (Fsp3) is 0.857. The molecule has 0 saturated carbocycles. The van der Waals surface area contributed by atoms with E-state index in [1.165, 1.54) is 0 Å². The zero-order valence-electron chi connectivity index (χ0n) is 12.7. The van der Waals surface area contributed by atoms with Crippen molar-refractivity contribution in [3.05, 3.63) is 0 Å². The largest absolute Gasteiger partial charge is 0.479 e. The maximum atomic E-state index is 12.4. The van der Waals surface area contributed by atoms with E-state index in [0.29, 0.717) is 52.4 Å². The van der Waals surface area contributed by atoms with Crippen LogP contribution in [0, 0.1) is 0 Å². The second-order valence-corrected chi connectivity index (χ2v) is 4.75. The SMILES string of the molecule is CCOCCN(CCOCC)C(=O)[C@@H]1CC[C@H](C(=O)O)O1. The third kappa shape index (κ3) is 5.99. The molecule has 1 saturated heterocycles.